The van der Waals surface area contributed by atoms with Crippen LogP contribution in [0.5, 0.6) is 0 Å². The number of rotatable bonds is 3. The first kappa shape index (κ1) is 9.78. The molecule has 0 aliphatic rings. The first-order valence-electron chi connectivity index (χ1n) is 4.53. The highest BCUT2D eigenvalue weighted by molar-refractivity contribution is 5.43. The third-order valence-electron chi connectivity index (χ3n) is 1.86. The van der Waals surface area contributed by atoms with Crippen LogP contribution in [0.1, 0.15) is 38.2 Å². The molecule has 0 unspecified atom stereocenters. The van der Waals surface area contributed by atoms with Crippen LogP contribution in [0.4, 0.5) is 0 Å². The van der Waals surface area contributed by atoms with Gasteiger partial charge < -0.3 is 4.57 Å². The quantitative estimate of drug-likeness (QED) is 0.691. The Balaban J connectivity index is 3.11. The number of hydrogen-bond acceptors (Lipinski definition) is 1. The minimum absolute atomic E-state index is 0.463. The summed E-state index contributed by atoms with van der Waals surface area (Å²) in [6, 6.07) is 0. The molecule has 70 valence electrons. The maximum absolute atomic E-state index is 4.44. The lowest BCUT2D eigenvalue weighted by Crippen LogP contribution is -1.86. The summed E-state index contributed by atoms with van der Waals surface area (Å²) in [7, 11) is 0. The molecule has 0 N–H and O–H groups in total. The molecule has 0 saturated carbocycles. The Hall–Kier alpha value is -1.31. The standard InChI is InChI=1S/C11H16N2/c1-5-7-13-8-10(9(3)4)12-11(13)6-2/h5-9H,2H2,1,3-4H3/b7-5-. The van der Waals surface area contributed by atoms with Gasteiger partial charge in [0.1, 0.15) is 5.82 Å². The van der Waals surface area contributed by atoms with Gasteiger partial charge in [0.25, 0.3) is 0 Å². The molecule has 13 heavy (non-hydrogen) atoms. The summed E-state index contributed by atoms with van der Waals surface area (Å²) >= 11 is 0. The van der Waals surface area contributed by atoms with Gasteiger partial charge in [-0.25, -0.2) is 4.98 Å². The van der Waals surface area contributed by atoms with Crippen LogP contribution in [0.2, 0.25) is 0 Å². The molecule has 1 aromatic rings. The smallest absolute Gasteiger partial charge is 0.136 e. The van der Waals surface area contributed by atoms with Crippen LogP contribution in [0, 0.1) is 0 Å². The number of hydrogen-bond donors (Lipinski definition) is 0. The molecule has 0 radical (unpaired) electrons. The fourth-order valence-electron chi connectivity index (χ4n) is 1.14. The van der Waals surface area contributed by atoms with Crippen LogP contribution in [0.15, 0.2) is 18.9 Å². The van der Waals surface area contributed by atoms with E-state index in [4.69, 9.17) is 0 Å². The third kappa shape index (κ3) is 2.08. The van der Waals surface area contributed by atoms with E-state index >= 15 is 0 Å². The van der Waals surface area contributed by atoms with Crippen molar-refractivity contribution in [1.29, 1.82) is 0 Å². The van der Waals surface area contributed by atoms with Crippen molar-refractivity contribution in [2.24, 2.45) is 0 Å². The topological polar surface area (TPSA) is 17.8 Å². The van der Waals surface area contributed by atoms with Gasteiger partial charge in [0.2, 0.25) is 0 Å². The van der Waals surface area contributed by atoms with Crippen molar-refractivity contribution in [3.63, 3.8) is 0 Å². The molecule has 0 amide bonds. The molecule has 0 aromatic carbocycles. The Labute approximate surface area is 79.6 Å². The van der Waals surface area contributed by atoms with E-state index in [1.165, 1.54) is 0 Å². The lowest BCUT2D eigenvalue weighted by Gasteiger charge is -1.95. The molecular formula is C11H16N2. The second kappa shape index (κ2) is 4.08. The van der Waals surface area contributed by atoms with Crippen LogP contribution < -0.4 is 0 Å². The third-order valence-corrected chi connectivity index (χ3v) is 1.86. The molecule has 1 heterocycles. The molecule has 1 aromatic heterocycles. The van der Waals surface area contributed by atoms with Crippen molar-refractivity contribution in [1.82, 2.24) is 9.55 Å². The van der Waals surface area contributed by atoms with Crippen LogP contribution >= 0.6 is 0 Å². The summed E-state index contributed by atoms with van der Waals surface area (Å²) < 4.78 is 1.99. The highest BCUT2D eigenvalue weighted by Gasteiger charge is 2.05. The van der Waals surface area contributed by atoms with E-state index in [-0.39, 0.29) is 0 Å². The van der Waals surface area contributed by atoms with E-state index in [1.807, 2.05) is 30.0 Å². The minimum atomic E-state index is 0.463. The van der Waals surface area contributed by atoms with Gasteiger partial charge in [0.15, 0.2) is 0 Å². The van der Waals surface area contributed by atoms with E-state index in [9.17, 15) is 0 Å². The summed E-state index contributed by atoms with van der Waals surface area (Å²) in [5.74, 6) is 1.37. The molecule has 2 heteroatoms. The SMILES string of the molecule is C=Cc1nc(C(C)C)cn1/C=C\C. The van der Waals surface area contributed by atoms with Crippen molar-refractivity contribution >= 4 is 12.3 Å². The van der Waals surface area contributed by atoms with Crippen molar-refractivity contribution in [2.75, 3.05) is 0 Å². The lowest BCUT2D eigenvalue weighted by molar-refractivity contribution is 0.831. The van der Waals surface area contributed by atoms with Crippen LogP contribution in [0.25, 0.3) is 12.3 Å². The number of aromatic nitrogens is 2. The summed E-state index contributed by atoms with van der Waals surface area (Å²) in [5, 5.41) is 0. The second-order valence-electron chi connectivity index (χ2n) is 3.27. The lowest BCUT2D eigenvalue weighted by atomic mass is 10.2. The Morgan fingerprint density at radius 3 is 2.69 bits per heavy atom. The summed E-state index contributed by atoms with van der Waals surface area (Å²) in [5.41, 5.74) is 1.10. The van der Waals surface area contributed by atoms with E-state index in [2.05, 4.69) is 25.4 Å². The maximum Gasteiger partial charge on any atom is 0.136 e. The highest BCUT2D eigenvalue weighted by atomic mass is 15.1. The van der Waals surface area contributed by atoms with Gasteiger partial charge in [0.05, 0.1) is 5.69 Å². The molecule has 0 bridgehead atoms. The van der Waals surface area contributed by atoms with Crippen LogP contribution in [0.3, 0.4) is 0 Å². The van der Waals surface area contributed by atoms with Gasteiger partial charge in [-0.2, -0.15) is 0 Å². The molecule has 0 spiro atoms. The monoisotopic (exact) mass is 176 g/mol. The summed E-state index contributed by atoms with van der Waals surface area (Å²) in [6.45, 7) is 9.99. The zero-order valence-corrected chi connectivity index (χ0v) is 8.49. The molecule has 2 nitrogen and oxygen atoms in total. The Bertz CT molecular complexity index is 319. The van der Waals surface area contributed by atoms with Gasteiger partial charge >= 0.3 is 0 Å². The summed E-state index contributed by atoms with van der Waals surface area (Å²) in [6.07, 6.45) is 7.78. The number of allylic oxidation sites excluding steroid dienone is 1. The van der Waals surface area contributed by atoms with Gasteiger partial charge in [-0.05, 0) is 18.9 Å². The maximum atomic E-state index is 4.44. The first-order chi connectivity index (χ1) is 6.19. The average molecular weight is 176 g/mol. The molecule has 0 fully saturated rings. The minimum Gasteiger partial charge on any atom is -0.307 e. The van der Waals surface area contributed by atoms with Gasteiger partial charge in [0, 0.05) is 12.4 Å². The molecule has 0 aliphatic heterocycles. The van der Waals surface area contributed by atoms with Crippen molar-refractivity contribution in [2.45, 2.75) is 26.7 Å². The molecule has 0 atom stereocenters. The highest BCUT2D eigenvalue weighted by Crippen LogP contribution is 2.14. The van der Waals surface area contributed by atoms with Crippen molar-refractivity contribution in [3.05, 3.63) is 30.4 Å². The Kier molecular flexibility index (Phi) is 3.07. The normalized spacial score (nSPS) is 11.4. The van der Waals surface area contributed by atoms with E-state index in [0.29, 0.717) is 5.92 Å². The van der Waals surface area contributed by atoms with E-state index < -0.39 is 0 Å². The van der Waals surface area contributed by atoms with Crippen molar-refractivity contribution < 1.29 is 0 Å². The molecule has 1 rings (SSSR count). The van der Waals surface area contributed by atoms with Crippen LogP contribution in [-0.2, 0) is 0 Å². The zero-order chi connectivity index (χ0) is 9.84. The average Bonchev–Trinajstić information content (AvgIpc) is 2.48. The summed E-state index contributed by atoms with van der Waals surface area (Å²) in [4.78, 5) is 4.44. The number of imidazole rings is 1. The second-order valence-corrected chi connectivity index (χ2v) is 3.27. The van der Waals surface area contributed by atoms with Gasteiger partial charge in [-0.15, -0.1) is 0 Å². The predicted octanol–water partition coefficient (Wildman–Crippen LogP) is 3.14. The fourth-order valence-corrected chi connectivity index (χ4v) is 1.14. The van der Waals surface area contributed by atoms with Crippen LogP contribution in [-0.4, -0.2) is 9.55 Å². The first-order valence-corrected chi connectivity index (χ1v) is 4.53. The molecule has 0 aliphatic carbocycles. The Morgan fingerprint density at radius 1 is 1.54 bits per heavy atom. The fraction of sp³-hybridized carbons (Fsp3) is 0.364. The van der Waals surface area contributed by atoms with Gasteiger partial charge in [-0.3, -0.25) is 0 Å². The van der Waals surface area contributed by atoms with Crippen molar-refractivity contribution in [3.8, 4) is 0 Å². The predicted molar refractivity (Wildman–Crippen MR) is 57.4 cm³/mol. The van der Waals surface area contributed by atoms with Gasteiger partial charge in [-0.1, -0.05) is 26.5 Å². The van der Waals surface area contributed by atoms with E-state index in [0.717, 1.165) is 11.5 Å². The zero-order valence-electron chi connectivity index (χ0n) is 8.49. The molecular weight excluding hydrogens is 160 g/mol. The molecule has 0 saturated heterocycles. The largest absolute Gasteiger partial charge is 0.307 e. The number of nitrogens with zero attached hydrogens (tertiary/aromatic N) is 2. The van der Waals surface area contributed by atoms with E-state index in [1.54, 1.807) is 6.08 Å². The Morgan fingerprint density at radius 2 is 2.23 bits per heavy atom.